The smallest absolute Gasteiger partial charge is 0.416 e. The minimum Gasteiger partial charge on any atom is -0.481 e. The summed E-state index contributed by atoms with van der Waals surface area (Å²) in [5, 5.41) is 9.10. The maximum atomic E-state index is 12.8. The highest BCUT2D eigenvalue weighted by Gasteiger charge is 2.64. The van der Waals surface area contributed by atoms with Crippen molar-refractivity contribution in [2.24, 2.45) is 11.8 Å². The molecule has 2 aromatic rings. The summed E-state index contributed by atoms with van der Waals surface area (Å²) >= 11 is 0. The SMILES string of the molecule is O=C(O)C1C2C(=O)c3cc(Oc4ccc(C(F)(F)F)cc4OC(F)F)ccc3C12. The third-order valence-corrected chi connectivity index (χ3v) is 4.97. The molecule has 1 N–H and O–H groups in total. The Balaban J connectivity index is 1.63. The second-order valence-corrected chi connectivity index (χ2v) is 6.67. The number of alkyl halides is 5. The number of carboxylic acid groups (broad SMARTS) is 1. The number of rotatable bonds is 5. The van der Waals surface area contributed by atoms with Gasteiger partial charge in [-0.25, -0.2) is 0 Å². The summed E-state index contributed by atoms with van der Waals surface area (Å²) in [5.74, 6) is -4.41. The lowest BCUT2D eigenvalue weighted by molar-refractivity contribution is -0.139. The lowest BCUT2D eigenvalue weighted by atomic mass is 10.0. The maximum absolute atomic E-state index is 12.8. The lowest BCUT2D eigenvalue weighted by Crippen LogP contribution is -2.10. The van der Waals surface area contributed by atoms with Crippen molar-refractivity contribution in [2.45, 2.75) is 18.7 Å². The number of carbonyl (C=O) groups excluding carboxylic acids is 1. The fraction of sp³-hybridized carbons (Fsp3) is 0.263. The zero-order valence-electron chi connectivity index (χ0n) is 14.2. The fourth-order valence-electron chi connectivity index (χ4n) is 3.70. The molecule has 3 unspecified atom stereocenters. The summed E-state index contributed by atoms with van der Waals surface area (Å²) in [4.78, 5) is 23.5. The van der Waals surface area contributed by atoms with Crippen molar-refractivity contribution in [3.8, 4) is 17.2 Å². The quantitative estimate of drug-likeness (QED) is 0.718. The Labute approximate surface area is 159 Å². The number of carbonyl (C=O) groups is 2. The topological polar surface area (TPSA) is 72.8 Å². The first-order chi connectivity index (χ1) is 13.6. The molecular weight excluding hydrogens is 403 g/mol. The van der Waals surface area contributed by atoms with E-state index >= 15 is 0 Å². The molecule has 3 atom stereocenters. The Hall–Kier alpha value is -3.17. The molecule has 29 heavy (non-hydrogen) atoms. The van der Waals surface area contributed by atoms with Crippen molar-refractivity contribution >= 4 is 11.8 Å². The number of aliphatic carboxylic acids is 1. The Kier molecular flexibility index (Phi) is 4.25. The zero-order chi connectivity index (χ0) is 21.1. The van der Waals surface area contributed by atoms with Crippen molar-refractivity contribution in [3.63, 3.8) is 0 Å². The summed E-state index contributed by atoms with van der Waals surface area (Å²) in [5.41, 5.74) is -0.390. The molecule has 0 aromatic heterocycles. The van der Waals surface area contributed by atoms with E-state index in [0.29, 0.717) is 17.7 Å². The van der Waals surface area contributed by atoms with Crippen molar-refractivity contribution < 1.29 is 46.1 Å². The van der Waals surface area contributed by atoms with Crippen LogP contribution in [-0.4, -0.2) is 23.5 Å². The number of carboxylic acids is 1. The molecule has 10 heteroatoms. The molecular formula is C19H11F5O5. The fourth-order valence-corrected chi connectivity index (χ4v) is 3.70. The van der Waals surface area contributed by atoms with E-state index < -0.39 is 53.6 Å². The van der Waals surface area contributed by atoms with Crippen molar-refractivity contribution in [2.75, 3.05) is 0 Å². The number of ether oxygens (including phenoxy) is 2. The molecule has 0 radical (unpaired) electrons. The molecule has 2 aliphatic carbocycles. The molecule has 0 aliphatic heterocycles. The highest BCUT2D eigenvalue weighted by atomic mass is 19.4. The van der Waals surface area contributed by atoms with Crippen LogP contribution >= 0.6 is 0 Å². The van der Waals surface area contributed by atoms with Crippen LogP contribution in [-0.2, 0) is 11.0 Å². The largest absolute Gasteiger partial charge is 0.481 e. The maximum Gasteiger partial charge on any atom is 0.416 e. The van der Waals surface area contributed by atoms with Crippen LogP contribution in [0.5, 0.6) is 17.2 Å². The highest BCUT2D eigenvalue weighted by Crippen LogP contribution is 2.61. The van der Waals surface area contributed by atoms with Crippen molar-refractivity contribution in [1.82, 2.24) is 0 Å². The molecule has 0 heterocycles. The Morgan fingerprint density at radius 2 is 1.76 bits per heavy atom. The van der Waals surface area contributed by atoms with Gasteiger partial charge in [0.15, 0.2) is 17.3 Å². The lowest BCUT2D eigenvalue weighted by Gasteiger charge is -2.15. The molecule has 1 fully saturated rings. The van der Waals surface area contributed by atoms with Gasteiger partial charge in [0.1, 0.15) is 5.75 Å². The van der Waals surface area contributed by atoms with Gasteiger partial charge in [0.25, 0.3) is 0 Å². The average molecular weight is 414 g/mol. The van der Waals surface area contributed by atoms with Gasteiger partial charge < -0.3 is 14.6 Å². The molecule has 0 saturated heterocycles. The van der Waals surface area contributed by atoms with Crippen LogP contribution in [0, 0.1) is 11.8 Å². The minimum absolute atomic E-state index is 0.0177. The number of benzene rings is 2. The van der Waals surface area contributed by atoms with E-state index in [1.807, 2.05) is 0 Å². The summed E-state index contributed by atoms with van der Waals surface area (Å²) in [7, 11) is 0. The summed E-state index contributed by atoms with van der Waals surface area (Å²) in [6, 6.07) is 6.08. The minimum atomic E-state index is -4.76. The second-order valence-electron chi connectivity index (χ2n) is 6.67. The van der Waals surface area contributed by atoms with E-state index in [9.17, 15) is 31.5 Å². The Morgan fingerprint density at radius 1 is 1.03 bits per heavy atom. The number of fused-ring (bicyclic) bond motifs is 3. The van der Waals surface area contributed by atoms with Crippen LogP contribution in [0.15, 0.2) is 36.4 Å². The first kappa shape index (κ1) is 19.2. The van der Waals surface area contributed by atoms with E-state index in [1.165, 1.54) is 18.2 Å². The average Bonchev–Trinajstić information content (AvgIpc) is 3.30. The van der Waals surface area contributed by atoms with Crippen LogP contribution < -0.4 is 9.47 Å². The monoisotopic (exact) mass is 414 g/mol. The molecule has 2 aliphatic rings. The second kappa shape index (κ2) is 6.43. The molecule has 0 spiro atoms. The number of hydrogen-bond donors (Lipinski definition) is 1. The van der Waals surface area contributed by atoms with E-state index in [-0.39, 0.29) is 17.1 Å². The van der Waals surface area contributed by atoms with Crippen LogP contribution in [0.3, 0.4) is 0 Å². The van der Waals surface area contributed by atoms with Crippen molar-refractivity contribution in [1.29, 1.82) is 0 Å². The van der Waals surface area contributed by atoms with E-state index in [0.717, 1.165) is 6.07 Å². The van der Waals surface area contributed by atoms with Gasteiger partial charge in [0.2, 0.25) is 0 Å². The van der Waals surface area contributed by atoms with E-state index in [4.69, 9.17) is 9.84 Å². The van der Waals surface area contributed by atoms with Gasteiger partial charge in [0, 0.05) is 17.4 Å². The third kappa shape index (κ3) is 3.28. The molecule has 0 amide bonds. The molecule has 152 valence electrons. The van der Waals surface area contributed by atoms with E-state index in [2.05, 4.69) is 4.74 Å². The predicted molar refractivity (Wildman–Crippen MR) is 86.3 cm³/mol. The van der Waals surface area contributed by atoms with Crippen LogP contribution in [0.1, 0.15) is 27.4 Å². The van der Waals surface area contributed by atoms with Gasteiger partial charge >= 0.3 is 18.8 Å². The van der Waals surface area contributed by atoms with Crippen LogP contribution in [0.2, 0.25) is 0 Å². The van der Waals surface area contributed by atoms with Gasteiger partial charge in [-0.05, 0) is 35.9 Å². The van der Waals surface area contributed by atoms with E-state index in [1.54, 1.807) is 0 Å². The van der Waals surface area contributed by atoms with Gasteiger partial charge in [-0.2, -0.15) is 22.0 Å². The van der Waals surface area contributed by atoms with Gasteiger partial charge in [-0.3, -0.25) is 9.59 Å². The van der Waals surface area contributed by atoms with Crippen molar-refractivity contribution in [3.05, 3.63) is 53.1 Å². The normalized spacial score (nSPS) is 22.3. The molecule has 5 nitrogen and oxygen atoms in total. The molecule has 0 bridgehead atoms. The first-order valence-corrected chi connectivity index (χ1v) is 8.33. The summed E-state index contributed by atoms with van der Waals surface area (Å²) < 4.78 is 73.2. The summed E-state index contributed by atoms with van der Waals surface area (Å²) in [6.45, 7) is -3.37. The Bertz CT molecular complexity index is 1020. The van der Waals surface area contributed by atoms with Gasteiger partial charge in [-0.1, -0.05) is 6.07 Å². The van der Waals surface area contributed by atoms with Crippen LogP contribution in [0.25, 0.3) is 0 Å². The zero-order valence-corrected chi connectivity index (χ0v) is 14.2. The third-order valence-electron chi connectivity index (χ3n) is 4.97. The summed E-state index contributed by atoms with van der Waals surface area (Å²) in [6.07, 6.45) is -4.76. The first-order valence-electron chi connectivity index (χ1n) is 8.33. The Morgan fingerprint density at radius 3 is 2.38 bits per heavy atom. The van der Waals surface area contributed by atoms with Gasteiger partial charge in [0.05, 0.1) is 11.5 Å². The molecule has 1 saturated carbocycles. The number of Topliss-reactive ketones (excluding diaryl/α,β-unsaturated/α-hetero) is 1. The highest BCUT2D eigenvalue weighted by molar-refractivity contribution is 6.10. The predicted octanol–water partition coefficient (Wildman–Crippen LogP) is 4.71. The number of ketones is 1. The number of halogens is 5. The molecule has 4 rings (SSSR count). The number of hydrogen-bond acceptors (Lipinski definition) is 4. The van der Waals surface area contributed by atoms with Crippen LogP contribution in [0.4, 0.5) is 22.0 Å². The standard InChI is InChI=1S/C19H11F5O5/c20-18(21)29-12-5-7(19(22,23)24)1-4-11(12)28-8-2-3-9-10(6-8)16(25)14-13(9)15(14)17(26)27/h1-6,13-15,18H,(H,26,27). The van der Waals surface area contributed by atoms with Gasteiger partial charge in [-0.15, -0.1) is 0 Å². The molecule has 2 aromatic carbocycles.